The van der Waals surface area contributed by atoms with Crippen LogP contribution in [-0.4, -0.2) is 29.3 Å². The molecule has 2 rings (SSSR count). The number of benzene rings is 1. The van der Waals surface area contributed by atoms with Gasteiger partial charge in [0, 0.05) is 18.2 Å². The molecule has 1 fully saturated rings. The van der Waals surface area contributed by atoms with Crippen LogP contribution in [0.2, 0.25) is 0 Å². The van der Waals surface area contributed by atoms with Gasteiger partial charge in [-0.05, 0) is 18.4 Å². The van der Waals surface area contributed by atoms with Gasteiger partial charge in [-0.3, -0.25) is 9.59 Å². The molecule has 0 saturated carbocycles. The van der Waals surface area contributed by atoms with Gasteiger partial charge in [-0.1, -0.05) is 19.9 Å². The van der Waals surface area contributed by atoms with Crippen LogP contribution in [0, 0.1) is 17.6 Å². The molecule has 1 aromatic carbocycles. The van der Waals surface area contributed by atoms with E-state index in [0.29, 0.717) is 6.42 Å². The van der Waals surface area contributed by atoms with Gasteiger partial charge in [0.2, 0.25) is 11.8 Å². The minimum atomic E-state index is -0.714. The molecule has 21 heavy (non-hydrogen) atoms. The second-order valence-electron chi connectivity index (χ2n) is 5.68. The van der Waals surface area contributed by atoms with Crippen LogP contribution in [0.5, 0.6) is 0 Å². The van der Waals surface area contributed by atoms with Crippen LogP contribution in [0.15, 0.2) is 18.2 Å². The highest BCUT2D eigenvalue weighted by molar-refractivity contribution is 5.94. The van der Waals surface area contributed by atoms with Crippen molar-refractivity contribution in [1.29, 1.82) is 0 Å². The molecule has 0 radical (unpaired) electrons. The van der Waals surface area contributed by atoms with Crippen molar-refractivity contribution in [2.24, 2.45) is 5.92 Å². The lowest BCUT2D eigenvalue weighted by Gasteiger charge is -2.33. The predicted octanol–water partition coefficient (Wildman–Crippen LogP) is 1.84. The quantitative estimate of drug-likeness (QED) is 0.921. The molecular formula is C15H18F2N2O2. The van der Waals surface area contributed by atoms with Crippen molar-refractivity contribution in [3.63, 3.8) is 0 Å². The van der Waals surface area contributed by atoms with Crippen molar-refractivity contribution in [2.75, 3.05) is 6.54 Å². The third-order valence-corrected chi connectivity index (χ3v) is 3.36. The Hall–Kier alpha value is -1.98. The molecular weight excluding hydrogens is 278 g/mol. The summed E-state index contributed by atoms with van der Waals surface area (Å²) >= 11 is 0. The highest BCUT2D eigenvalue weighted by Crippen LogP contribution is 2.17. The Morgan fingerprint density at radius 2 is 2.05 bits per heavy atom. The maximum atomic E-state index is 13.7. The topological polar surface area (TPSA) is 49.4 Å². The maximum absolute atomic E-state index is 13.7. The highest BCUT2D eigenvalue weighted by Gasteiger charge is 2.33. The van der Waals surface area contributed by atoms with Gasteiger partial charge >= 0.3 is 0 Å². The van der Waals surface area contributed by atoms with Crippen molar-refractivity contribution in [3.05, 3.63) is 35.4 Å². The number of piperazine rings is 1. The molecule has 0 aliphatic carbocycles. The Bertz CT molecular complexity index is 561. The van der Waals surface area contributed by atoms with Crippen LogP contribution in [0.25, 0.3) is 0 Å². The van der Waals surface area contributed by atoms with E-state index in [2.05, 4.69) is 5.32 Å². The minimum Gasteiger partial charge on any atom is -0.343 e. The zero-order valence-electron chi connectivity index (χ0n) is 12.0. The van der Waals surface area contributed by atoms with Crippen LogP contribution < -0.4 is 5.32 Å². The van der Waals surface area contributed by atoms with E-state index < -0.39 is 17.7 Å². The van der Waals surface area contributed by atoms with Gasteiger partial charge in [0.1, 0.15) is 17.7 Å². The van der Waals surface area contributed by atoms with E-state index >= 15 is 0 Å². The molecule has 1 unspecified atom stereocenters. The number of rotatable bonds is 4. The number of carbonyl (C=O) groups is 2. The molecule has 1 aliphatic heterocycles. The predicted molar refractivity (Wildman–Crippen MR) is 73.2 cm³/mol. The summed E-state index contributed by atoms with van der Waals surface area (Å²) in [6.45, 7) is 3.77. The summed E-state index contributed by atoms with van der Waals surface area (Å²) in [6, 6.07) is 2.63. The number of nitrogens with zero attached hydrogens (tertiary/aromatic N) is 1. The highest BCUT2D eigenvalue weighted by atomic mass is 19.1. The second kappa shape index (κ2) is 6.20. The molecule has 114 valence electrons. The maximum Gasteiger partial charge on any atom is 0.245 e. The van der Waals surface area contributed by atoms with E-state index in [1.165, 1.54) is 11.0 Å². The molecule has 4 nitrogen and oxygen atoms in total. The number of hydrogen-bond acceptors (Lipinski definition) is 2. The SMILES string of the molecule is CC(C)CC1NC(=O)CN(Cc2ccc(F)cc2F)C1=O. The summed E-state index contributed by atoms with van der Waals surface area (Å²) in [5.74, 6) is -1.62. The summed E-state index contributed by atoms with van der Waals surface area (Å²) in [7, 11) is 0. The molecule has 1 heterocycles. The van der Waals surface area contributed by atoms with Crippen LogP contribution >= 0.6 is 0 Å². The summed E-state index contributed by atoms with van der Waals surface area (Å²) in [4.78, 5) is 25.3. The fraction of sp³-hybridized carbons (Fsp3) is 0.467. The van der Waals surface area contributed by atoms with Gasteiger partial charge in [0.15, 0.2) is 0 Å². The van der Waals surface area contributed by atoms with Gasteiger partial charge in [0.05, 0.1) is 6.54 Å². The van der Waals surface area contributed by atoms with Crippen molar-refractivity contribution in [2.45, 2.75) is 32.9 Å². The van der Waals surface area contributed by atoms with Crippen molar-refractivity contribution >= 4 is 11.8 Å². The van der Waals surface area contributed by atoms with E-state index in [9.17, 15) is 18.4 Å². The lowest BCUT2D eigenvalue weighted by molar-refractivity contribution is -0.145. The van der Waals surface area contributed by atoms with Crippen molar-refractivity contribution in [3.8, 4) is 0 Å². The lowest BCUT2D eigenvalue weighted by atomic mass is 10.0. The summed E-state index contributed by atoms with van der Waals surface area (Å²) in [6.07, 6.45) is 0.535. The van der Waals surface area contributed by atoms with Gasteiger partial charge in [0.25, 0.3) is 0 Å². The van der Waals surface area contributed by atoms with Gasteiger partial charge in [-0.2, -0.15) is 0 Å². The zero-order valence-corrected chi connectivity index (χ0v) is 12.0. The fourth-order valence-corrected chi connectivity index (χ4v) is 2.39. The molecule has 0 spiro atoms. The minimum absolute atomic E-state index is 0.0348. The Labute approximate surface area is 122 Å². The molecule has 1 aliphatic rings. The first kappa shape index (κ1) is 15.4. The normalized spacial score (nSPS) is 19.1. The van der Waals surface area contributed by atoms with E-state index in [-0.39, 0.29) is 36.4 Å². The third kappa shape index (κ3) is 3.77. The van der Waals surface area contributed by atoms with E-state index in [1.807, 2.05) is 13.8 Å². The van der Waals surface area contributed by atoms with E-state index in [1.54, 1.807) is 0 Å². The molecule has 6 heteroatoms. The number of amides is 2. The molecule has 1 N–H and O–H groups in total. The average molecular weight is 296 g/mol. The number of nitrogens with one attached hydrogen (secondary N) is 1. The van der Waals surface area contributed by atoms with Crippen LogP contribution in [0.1, 0.15) is 25.8 Å². The largest absolute Gasteiger partial charge is 0.343 e. The first-order chi connectivity index (χ1) is 9.86. The summed E-state index contributed by atoms with van der Waals surface area (Å²) in [5, 5.41) is 2.65. The van der Waals surface area contributed by atoms with Gasteiger partial charge in [-0.25, -0.2) is 8.78 Å². The number of carbonyl (C=O) groups excluding carboxylic acids is 2. The van der Waals surface area contributed by atoms with Gasteiger partial charge in [-0.15, -0.1) is 0 Å². The van der Waals surface area contributed by atoms with Crippen LogP contribution in [0.3, 0.4) is 0 Å². The average Bonchev–Trinajstić information content (AvgIpc) is 2.37. The smallest absolute Gasteiger partial charge is 0.245 e. The number of hydrogen-bond donors (Lipinski definition) is 1. The molecule has 0 aromatic heterocycles. The summed E-state index contributed by atoms with van der Waals surface area (Å²) < 4.78 is 26.5. The van der Waals surface area contributed by atoms with Crippen LogP contribution in [0.4, 0.5) is 8.78 Å². The fourth-order valence-electron chi connectivity index (χ4n) is 2.39. The van der Waals surface area contributed by atoms with Gasteiger partial charge < -0.3 is 10.2 Å². The Balaban J connectivity index is 2.14. The Kier molecular flexibility index (Phi) is 4.55. The molecule has 2 amide bonds. The lowest BCUT2D eigenvalue weighted by Crippen LogP contribution is -2.57. The van der Waals surface area contributed by atoms with Crippen LogP contribution in [-0.2, 0) is 16.1 Å². The zero-order chi connectivity index (χ0) is 15.6. The first-order valence-electron chi connectivity index (χ1n) is 6.89. The van der Waals surface area contributed by atoms with Crippen molar-refractivity contribution < 1.29 is 18.4 Å². The summed E-state index contributed by atoms with van der Waals surface area (Å²) in [5.41, 5.74) is 0.197. The third-order valence-electron chi connectivity index (χ3n) is 3.36. The first-order valence-corrected chi connectivity index (χ1v) is 6.89. The molecule has 1 atom stereocenters. The standard InChI is InChI=1S/C15H18F2N2O2/c1-9(2)5-13-15(21)19(8-14(20)18-13)7-10-3-4-11(16)6-12(10)17/h3-4,6,9,13H,5,7-8H2,1-2H3,(H,18,20). The second-order valence-corrected chi connectivity index (χ2v) is 5.68. The Morgan fingerprint density at radius 3 is 2.67 bits per heavy atom. The monoisotopic (exact) mass is 296 g/mol. The molecule has 1 aromatic rings. The Morgan fingerprint density at radius 1 is 1.33 bits per heavy atom. The van der Waals surface area contributed by atoms with E-state index in [4.69, 9.17) is 0 Å². The molecule has 0 bridgehead atoms. The molecule has 1 saturated heterocycles. The number of halogens is 2. The van der Waals surface area contributed by atoms with Crippen molar-refractivity contribution in [1.82, 2.24) is 10.2 Å². The van der Waals surface area contributed by atoms with E-state index in [0.717, 1.165) is 12.1 Å².